The Kier molecular flexibility index (Phi) is 4.79. The highest BCUT2D eigenvalue weighted by Gasteiger charge is 2.51. The zero-order valence-electron chi connectivity index (χ0n) is 17.5. The molecule has 1 aliphatic heterocycles. The molecule has 1 saturated carbocycles. The Balaban J connectivity index is 0.00000259. The fourth-order valence-electron chi connectivity index (χ4n) is 4.22. The van der Waals surface area contributed by atoms with Crippen molar-refractivity contribution in [2.75, 3.05) is 6.79 Å². The van der Waals surface area contributed by atoms with Crippen LogP contribution in [0.15, 0.2) is 59.5 Å². The number of nitrogens with two attached hydrogens (primary N) is 1. The van der Waals surface area contributed by atoms with Crippen molar-refractivity contribution in [2.45, 2.75) is 36.5 Å². The number of rotatable bonds is 6. The lowest BCUT2D eigenvalue weighted by Crippen LogP contribution is -2.23. The number of aryl methyl sites for hydroxylation is 1. The zero-order chi connectivity index (χ0) is 22.5. The lowest BCUT2D eigenvalue weighted by Gasteiger charge is -2.15. The minimum atomic E-state index is -3.73. The fraction of sp³-hybridized carbons (Fsp3) is 0.250. The number of benzene rings is 2. The van der Waals surface area contributed by atoms with Crippen LogP contribution in [-0.2, 0) is 26.7 Å². The van der Waals surface area contributed by atoms with Crippen molar-refractivity contribution in [1.82, 2.24) is 4.98 Å². The van der Waals surface area contributed by atoms with E-state index in [1.807, 2.05) is 37.3 Å². The number of aromatic nitrogens is 1. The van der Waals surface area contributed by atoms with Crippen molar-refractivity contribution in [3.63, 3.8) is 0 Å². The highest BCUT2D eigenvalue weighted by Crippen LogP contribution is 2.51. The zero-order valence-corrected chi connectivity index (χ0v) is 18.3. The van der Waals surface area contributed by atoms with Gasteiger partial charge in [-0.15, -0.1) is 0 Å². The highest BCUT2D eigenvalue weighted by atomic mass is 32.2. The summed E-state index contributed by atoms with van der Waals surface area (Å²) < 4.78 is 33.8. The van der Waals surface area contributed by atoms with Gasteiger partial charge in [-0.05, 0) is 61.2 Å². The molecule has 3 aromatic rings. The molecule has 7 nitrogen and oxygen atoms in total. The first kappa shape index (κ1) is 20.7. The Bertz CT molecular complexity index is 1340. The van der Waals surface area contributed by atoms with E-state index in [9.17, 15) is 13.2 Å². The molecule has 0 amide bonds. The Morgan fingerprint density at radius 3 is 2.44 bits per heavy atom. The Morgan fingerprint density at radius 2 is 1.78 bits per heavy atom. The molecule has 2 N–H and O–H groups in total. The van der Waals surface area contributed by atoms with E-state index in [2.05, 4.69) is 4.98 Å². The van der Waals surface area contributed by atoms with Gasteiger partial charge in [-0.25, -0.2) is 13.6 Å². The molecule has 0 unspecified atom stereocenters. The van der Waals surface area contributed by atoms with Gasteiger partial charge in [0.1, 0.15) is 5.78 Å². The molecule has 1 aromatic heterocycles. The van der Waals surface area contributed by atoms with Gasteiger partial charge in [0.05, 0.1) is 10.3 Å². The predicted molar refractivity (Wildman–Crippen MR) is 120 cm³/mol. The normalized spacial score (nSPS) is 16.1. The van der Waals surface area contributed by atoms with Crippen molar-refractivity contribution in [3.8, 4) is 22.6 Å². The van der Waals surface area contributed by atoms with Crippen LogP contribution in [0.3, 0.4) is 0 Å². The highest BCUT2D eigenvalue weighted by molar-refractivity contribution is 7.89. The second kappa shape index (κ2) is 7.43. The summed E-state index contributed by atoms with van der Waals surface area (Å²) in [4.78, 5) is 17.9. The first-order chi connectivity index (χ1) is 15.3. The van der Waals surface area contributed by atoms with E-state index < -0.39 is 15.4 Å². The monoisotopic (exact) mass is 452 g/mol. The number of hydrogen-bond donors (Lipinski definition) is 1. The number of ether oxygens (including phenoxy) is 2. The van der Waals surface area contributed by atoms with E-state index >= 15 is 0 Å². The molecule has 2 aliphatic rings. The molecule has 0 bridgehead atoms. The van der Waals surface area contributed by atoms with E-state index in [0.717, 1.165) is 35.2 Å². The van der Waals surface area contributed by atoms with Gasteiger partial charge in [0, 0.05) is 24.8 Å². The van der Waals surface area contributed by atoms with E-state index in [1.54, 1.807) is 12.1 Å². The summed E-state index contributed by atoms with van der Waals surface area (Å²) in [6, 6.07) is 15.9. The number of sulfonamides is 1. The first-order valence-corrected chi connectivity index (χ1v) is 11.8. The topological polar surface area (TPSA) is 109 Å². The molecule has 32 heavy (non-hydrogen) atoms. The van der Waals surface area contributed by atoms with Gasteiger partial charge in [0.15, 0.2) is 11.5 Å². The van der Waals surface area contributed by atoms with Crippen LogP contribution in [0, 0.1) is 6.92 Å². The van der Waals surface area contributed by atoms with Crippen molar-refractivity contribution in [2.24, 2.45) is 5.14 Å². The van der Waals surface area contributed by atoms with E-state index in [-0.39, 0.29) is 25.3 Å². The van der Waals surface area contributed by atoms with Crippen LogP contribution in [0.4, 0.5) is 0 Å². The molecule has 0 spiro atoms. The van der Waals surface area contributed by atoms with Gasteiger partial charge in [-0.3, -0.25) is 9.78 Å². The molecule has 5 rings (SSSR count). The van der Waals surface area contributed by atoms with Gasteiger partial charge in [-0.2, -0.15) is 0 Å². The molecule has 2 heterocycles. The van der Waals surface area contributed by atoms with E-state index in [4.69, 9.17) is 14.6 Å². The number of ketones is 1. The lowest BCUT2D eigenvalue weighted by atomic mass is 9.88. The predicted octanol–water partition coefficient (Wildman–Crippen LogP) is 3.52. The maximum atomic E-state index is 13.2. The molecule has 2 aromatic carbocycles. The van der Waals surface area contributed by atoms with Gasteiger partial charge in [0.25, 0.3) is 0 Å². The van der Waals surface area contributed by atoms with Gasteiger partial charge in [0.2, 0.25) is 16.8 Å². The van der Waals surface area contributed by atoms with Crippen LogP contribution in [0.25, 0.3) is 11.1 Å². The van der Waals surface area contributed by atoms with Crippen LogP contribution >= 0.6 is 0 Å². The maximum absolute atomic E-state index is 13.2. The average molecular weight is 453 g/mol. The molecule has 1 fully saturated rings. The summed E-state index contributed by atoms with van der Waals surface area (Å²) in [6.07, 6.45) is 1.89. The van der Waals surface area contributed by atoms with Crippen LogP contribution in [0.1, 0.15) is 31.2 Å². The Labute approximate surface area is 187 Å². The van der Waals surface area contributed by atoms with Gasteiger partial charge >= 0.3 is 0 Å². The summed E-state index contributed by atoms with van der Waals surface area (Å²) in [5.41, 5.74) is 3.68. The molecule has 8 heteroatoms. The smallest absolute Gasteiger partial charge is 0.238 e. The van der Waals surface area contributed by atoms with Crippen molar-refractivity contribution in [3.05, 3.63) is 71.5 Å². The summed E-state index contributed by atoms with van der Waals surface area (Å²) in [5.74, 6) is 1.55. The van der Waals surface area contributed by atoms with Crippen molar-refractivity contribution < 1.29 is 24.1 Å². The number of primary sulfonamides is 1. The summed E-state index contributed by atoms with van der Waals surface area (Å²) in [6.45, 7) is 2.08. The fourth-order valence-corrected chi connectivity index (χ4v) is 4.74. The first-order valence-electron chi connectivity index (χ1n) is 10.3. The molecule has 166 valence electrons. The number of Topliss-reactive ketones (excluding diaryl/α,β-unsaturated/α-hetero) is 1. The maximum Gasteiger partial charge on any atom is 0.238 e. The quantitative estimate of drug-likeness (QED) is 0.613. The Morgan fingerprint density at radius 1 is 1.06 bits per heavy atom. The molecular formula is C24H24N2O5S. The Hall–Kier alpha value is -3.23. The minimum absolute atomic E-state index is 0. The van der Waals surface area contributed by atoms with Crippen LogP contribution in [-0.4, -0.2) is 26.0 Å². The van der Waals surface area contributed by atoms with Gasteiger partial charge in [-0.1, -0.05) is 24.3 Å². The number of carbonyl (C=O) groups excluding carboxylic acids is 1. The SMILES string of the molecule is Cc1nc(CC(=O)C2(c3ccc4c(c3)OCO4)CC2)ccc1-c1ccc(S(N)(=O)=O)cc1.[HH]. The third-order valence-corrected chi connectivity index (χ3v) is 7.12. The number of hydrogen-bond acceptors (Lipinski definition) is 6. The molecule has 0 saturated heterocycles. The standard InChI is InChI=1S/C24H22N2O5S.H2/c1-15-20(16-2-6-19(7-3-16)32(25,28)29)8-5-18(26-15)13-23(27)24(10-11-24)17-4-9-21-22(12-17)31-14-30-21;/h2-9,12H,10-11,13-14H2,1H3,(H2,25,28,29);1H. The summed E-state index contributed by atoms with van der Waals surface area (Å²) in [7, 11) is -3.73. The van der Waals surface area contributed by atoms with Crippen molar-refractivity contribution in [1.29, 1.82) is 0 Å². The average Bonchev–Trinajstić information content (AvgIpc) is 3.44. The second-order valence-corrected chi connectivity index (χ2v) is 9.82. The van der Waals surface area contributed by atoms with E-state index in [0.29, 0.717) is 17.2 Å². The van der Waals surface area contributed by atoms with Crippen LogP contribution < -0.4 is 14.6 Å². The van der Waals surface area contributed by atoms with Gasteiger partial charge < -0.3 is 9.47 Å². The number of carbonyl (C=O) groups is 1. The van der Waals surface area contributed by atoms with Crippen LogP contribution in [0.5, 0.6) is 11.5 Å². The van der Waals surface area contributed by atoms with Crippen LogP contribution in [0.2, 0.25) is 0 Å². The third-order valence-electron chi connectivity index (χ3n) is 6.19. The summed E-state index contributed by atoms with van der Waals surface area (Å²) >= 11 is 0. The summed E-state index contributed by atoms with van der Waals surface area (Å²) in [5, 5.41) is 5.17. The molecule has 0 radical (unpaired) electrons. The largest absolute Gasteiger partial charge is 0.454 e. The molecule has 0 atom stereocenters. The number of pyridine rings is 1. The molecule has 1 aliphatic carbocycles. The lowest BCUT2D eigenvalue weighted by molar-refractivity contribution is -0.120. The third kappa shape index (κ3) is 3.65. The number of nitrogens with zero attached hydrogens (tertiary/aromatic N) is 1. The molecular weight excluding hydrogens is 428 g/mol. The minimum Gasteiger partial charge on any atom is -0.454 e. The van der Waals surface area contributed by atoms with E-state index in [1.165, 1.54) is 12.1 Å². The second-order valence-electron chi connectivity index (χ2n) is 8.26. The number of fused-ring (bicyclic) bond motifs is 1. The van der Waals surface area contributed by atoms with Crippen molar-refractivity contribution >= 4 is 15.8 Å².